The molecule has 0 bridgehead atoms. The summed E-state index contributed by atoms with van der Waals surface area (Å²) < 4.78 is 0. The fourth-order valence-corrected chi connectivity index (χ4v) is 3.13. The molecular weight excluding hydrogens is 190 g/mol. The maximum absolute atomic E-state index is 11.7. The highest BCUT2D eigenvalue weighted by molar-refractivity contribution is 5.88. The Labute approximate surface area is 90.8 Å². The molecule has 84 valence electrons. The van der Waals surface area contributed by atoms with Crippen molar-refractivity contribution in [2.24, 2.45) is 0 Å². The molecule has 1 amide bonds. The zero-order valence-corrected chi connectivity index (χ0v) is 9.11. The van der Waals surface area contributed by atoms with E-state index >= 15 is 0 Å². The van der Waals surface area contributed by atoms with Crippen LogP contribution in [0.1, 0.15) is 38.5 Å². The van der Waals surface area contributed by atoms with Crippen molar-refractivity contribution >= 4 is 5.91 Å². The van der Waals surface area contributed by atoms with Crippen LogP contribution in [0.2, 0.25) is 0 Å². The van der Waals surface area contributed by atoms with Crippen LogP contribution in [0.25, 0.3) is 0 Å². The van der Waals surface area contributed by atoms with Crippen LogP contribution in [0, 0.1) is 0 Å². The summed E-state index contributed by atoms with van der Waals surface area (Å²) in [6.07, 6.45) is 7.14. The lowest BCUT2D eigenvalue weighted by Gasteiger charge is -2.43. The molecule has 1 spiro atoms. The van der Waals surface area contributed by atoms with Gasteiger partial charge in [-0.25, -0.2) is 0 Å². The monoisotopic (exact) mass is 209 g/mol. The third-order valence-electron chi connectivity index (χ3n) is 3.94. The lowest BCUT2D eigenvalue weighted by atomic mass is 9.78. The normalized spacial score (nSPS) is 29.4. The maximum atomic E-state index is 11.7. The number of hydrogen-bond acceptors (Lipinski definition) is 2. The number of likely N-dealkylation sites (tertiary alicyclic amines) is 1. The molecule has 0 aromatic carbocycles. The van der Waals surface area contributed by atoms with Crippen LogP contribution in [-0.2, 0) is 4.79 Å². The first-order chi connectivity index (χ1) is 7.20. The highest BCUT2D eigenvalue weighted by atomic mass is 16.3. The van der Waals surface area contributed by atoms with Crippen molar-refractivity contribution in [3.8, 4) is 0 Å². The van der Waals surface area contributed by atoms with Crippen LogP contribution in [-0.4, -0.2) is 34.1 Å². The fraction of sp³-hybridized carbons (Fsp3) is 0.750. The third-order valence-corrected chi connectivity index (χ3v) is 3.94. The first-order valence-electron chi connectivity index (χ1n) is 5.83. The highest BCUT2D eigenvalue weighted by Gasteiger charge is 2.49. The minimum Gasteiger partial charge on any atom is -0.391 e. The summed E-state index contributed by atoms with van der Waals surface area (Å²) >= 11 is 0. The number of amides is 1. The van der Waals surface area contributed by atoms with Crippen LogP contribution in [0.3, 0.4) is 0 Å². The molecule has 1 heterocycles. The van der Waals surface area contributed by atoms with Crippen molar-refractivity contribution in [1.29, 1.82) is 0 Å². The molecule has 1 N–H and O–H groups in total. The van der Waals surface area contributed by atoms with Crippen LogP contribution in [0.5, 0.6) is 0 Å². The van der Waals surface area contributed by atoms with Gasteiger partial charge < -0.3 is 10.0 Å². The molecule has 3 heteroatoms. The van der Waals surface area contributed by atoms with E-state index in [0.717, 1.165) is 32.1 Å². The molecule has 0 aromatic rings. The van der Waals surface area contributed by atoms with E-state index < -0.39 is 0 Å². The van der Waals surface area contributed by atoms with Gasteiger partial charge in [0.15, 0.2) is 0 Å². The summed E-state index contributed by atoms with van der Waals surface area (Å²) in [5.41, 5.74) is -0.260. The summed E-state index contributed by atoms with van der Waals surface area (Å²) in [6.45, 7) is 4.22. The van der Waals surface area contributed by atoms with E-state index in [1.54, 1.807) is 0 Å². The molecule has 1 saturated carbocycles. The van der Waals surface area contributed by atoms with E-state index in [4.69, 9.17) is 0 Å². The van der Waals surface area contributed by atoms with Gasteiger partial charge in [-0.05, 0) is 25.3 Å². The van der Waals surface area contributed by atoms with E-state index in [1.165, 1.54) is 12.5 Å². The molecule has 1 atom stereocenters. The lowest BCUT2D eigenvalue weighted by molar-refractivity contribution is -0.134. The Hall–Kier alpha value is -0.830. The summed E-state index contributed by atoms with van der Waals surface area (Å²) in [5.74, 6) is -0.0200. The maximum Gasteiger partial charge on any atom is 0.246 e. The molecule has 15 heavy (non-hydrogen) atoms. The van der Waals surface area contributed by atoms with Crippen molar-refractivity contribution in [3.05, 3.63) is 12.7 Å². The largest absolute Gasteiger partial charge is 0.391 e. The zero-order chi connectivity index (χ0) is 10.9. The van der Waals surface area contributed by atoms with Crippen LogP contribution in [0.4, 0.5) is 0 Å². The number of nitrogens with zero attached hydrogens (tertiary/aromatic N) is 1. The number of aliphatic hydroxyl groups is 1. The van der Waals surface area contributed by atoms with Gasteiger partial charge in [-0.1, -0.05) is 25.8 Å². The molecule has 0 radical (unpaired) electrons. The van der Waals surface area contributed by atoms with Gasteiger partial charge in [0.1, 0.15) is 0 Å². The van der Waals surface area contributed by atoms with Crippen LogP contribution in [0.15, 0.2) is 12.7 Å². The Kier molecular flexibility index (Phi) is 2.83. The number of rotatable bonds is 1. The predicted octanol–water partition coefficient (Wildman–Crippen LogP) is 1.47. The molecule has 1 aliphatic heterocycles. The van der Waals surface area contributed by atoms with Crippen LogP contribution >= 0.6 is 0 Å². The molecule has 3 nitrogen and oxygen atoms in total. The summed E-state index contributed by atoms with van der Waals surface area (Å²) in [4.78, 5) is 13.6. The van der Waals surface area contributed by atoms with Crippen molar-refractivity contribution in [3.63, 3.8) is 0 Å². The first kappa shape index (κ1) is 10.7. The number of carbonyl (C=O) groups excluding carboxylic acids is 1. The number of aliphatic hydroxyl groups excluding tert-OH is 1. The quantitative estimate of drug-likeness (QED) is 0.664. The number of carbonyl (C=O) groups is 1. The van der Waals surface area contributed by atoms with Gasteiger partial charge in [-0.3, -0.25) is 4.79 Å². The lowest BCUT2D eigenvalue weighted by Crippen LogP contribution is -2.53. The Balaban J connectivity index is 2.23. The molecule has 1 unspecified atom stereocenters. The van der Waals surface area contributed by atoms with Crippen LogP contribution < -0.4 is 0 Å². The van der Waals surface area contributed by atoms with Gasteiger partial charge in [0.2, 0.25) is 5.91 Å². The van der Waals surface area contributed by atoms with Gasteiger partial charge in [-0.2, -0.15) is 0 Å². The molecule has 0 aromatic heterocycles. The average Bonchev–Trinajstić information content (AvgIpc) is 2.57. The third kappa shape index (κ3) is 1.59. The van der Waals surface area contributed by atoms with Gasteiger partial charge >= 0.3 is 0 Å². The second-order valence-corrected chi connectivity index (χ2v) is 4.66. The second-order valence-electron chi connectivity index (χ2n) is 4.66. The molecule has 1 saturated heterocycles. The van der Waals surface area contributed by atoms with E-state index in [2.05, 4.69) is 6.58 Å². The molecule has 2 fully saturated rings. The summed E-state index contributed by atoms with van der Waals surface area (Å²) in [7, 11) is 0. The molecular formula is C12H19NO2. The SMILES string of the molecule is C=CC(=O)N1CCC(O)C12CCCCC2. The van der Waals surface area contributed by atoms with Gasteiger partial charge in [0.05, 0.1) is 11.6 Å². The van der Waals surface area contributed by atoms with Crippen molar-refractivity contribution < 1.29 is 9.90 Å². The highest BCUT2D eigenvalue weighted by Crippen LogP contribution is 2.41. The average molecular weight is 209 g/mol. The van der Waals surface area contributed by atoms with E-state index in [9.17, 15) is 9.90 Å². The minimum atomic E-state index is -0.332. The Morgan fingerprint density at radius 1 is 1.40 bits per heavy atom. The molecule has 2 aliphatic rings. The van der Waals surface area contributed by atoms with Crippen molar-refractivity contribution in [2.75, 3.05) is 6.54 Å². The molecule has 2 rings (SSSR count). The van der Waals surface area contributed by atoms with E-state index in [1.807, 2.05) is 4.90 Å². The minimum absolute atomic E-state index is 0.0200. The van der Waals surface area contributed by atoms with E-state index in [-0.39, 0.29) is 17.6 Å². The van der Waals surface area contributed by atoms with Crippen molar-refractivity contribution in [2.45, 2.75) is 50.2 Å². The smallest absolute Gasteiger partial charge is 0.246 e. The van der Waals surface area contributed by atoms with Gasteiger partial charge in [-0.15, -0.1) is 0 Å². The Bertz CT molecular complexity index is 269. The molecule has 1 aliphatic carbocycles. The topological polar surface area (TPSA) is 40.5 Å². The second kappa shape index (κ2) is 3.97. The standard InChI is InChI=1S/C12H19NO2/c1-2-11(15)13-9-6-10(14)12(13)7-4-3-5-8-12/h2,10,14H,1,3-9H2. The van der Waals surface area contributed by atoms with Gasteiger partial charge in [0, 0.05) is 6.54 Å². The zero-order valence-electron chi connectivity index (χ0n) is 9.11. The van der Waals surface area contributed by atoms with Gasteiger partial charge in [0.25, 0.3) is 0 Å². The predicted molar refractivity (Wildman–Crippen MR) is 58.3 cm³/mol. The Morgan fingerprint density at radius 2 is 2.07 bits per heavy atom. The Morgan fingerprint density at radius 3 is 2.67 bits per heavy atom. The summed E-state index contributed by atoms with van der Waals surface area (Å²) in [6, 6.07) is 0. The summed E-state index contributed by atoms with van der Waals surface area (Å²) in [5, 5.41) is 10.1. The van der Waals surface area contributed by atoms with E-state index in [0.29, 0.717) is 6.54 Å². The van der Waals surface area contributed by atoms with Crippen molar-refractivity contribution in [1.82, 2.24) is 4.90 Å². The fourth-order valence-electron chi connectivity index (χ4n) is 3.13. The first-order valence-corrected chi connectivity index (χ1v) is 5.83. The number of hydrogen-bond donors (Lipinski definition) is 1.